The lowest BCUT2D eigenvalue weighted by Gasteiger charge is -2.01. The van der Waals surface area contributed by atoms with E-state index < -0.39 is 11.6 Å². The molecule has 15 heavy (non-hydrogen) atoms. The first-order valence-corrected chi connectivity index (χ1v) is 4.78. The number of hydrogen-bond donors (Lipinski definition) is 1. The average molecular weight is 213 g/mol. The zero-order valence-electron chi connectivity index (χ0n) is 8.30. The summed E-state index contributed by atoms with van der Waals surface area (Å²) in [7, 11) is 0. The van der Waals surface area contributed by atoms with E-state index in [0.29, 0.717) is 24.9 Å². The minimum absolute atomic E-state index is 0.0505. The van der Waals surface area contributed by atoms with Crippen molar-refractivity contribution in [1.82, 2.24) is 0 Å². The van der Waals surface area contributed by atoms with Gasteiger partial charge in [-0.05, 0) is 30.7 Å². The zero-order chi connectivity index (χ0) is 11.3. The number of halogens is 2. The number of carbonyl (C=O) groups excluding carboxylic acids is 1. The van der Waals surface area contributed by atoms with Gasteiger partial charge in [0.25, 0.3) is 0 Å². The van der Waals surface area contributed by atoms with Crippen LogP contribution in [0.3, 0.4) is 0 Å². The fraction of sp³-hybridized carbons (Fsp3) is 0.364. The van der Waals surface area contributed by atoms with Crippen molar-refractivity contribution in [2.45, 2.75) is 19.3 Å². The predicted molar refractivity (Wildman–Crippen MR) is 53.4 cm³/mol. The van der Waals surface area contributed by atoms with Crippen molar-refractivity contribution in [2.75, 3.05) is 6.54 Å². The lowest BCUT2D eigenvalue weighted by Crippen LogP contribution is -2.07. The summed E-state index contributed by atoms with van der Waals surface area (Å²) in [5.41, 5.74) is 5.62. The van der Waals surface area contributed by atoms with E-state index in [1.165, 1.54) is 12.1 Å². The van der Waals surface area contributed by atoms with Gasteiger partial charge in [0.05, 0.1) is 0 Å². The Labute approximate surface area is 87.1 Å². The Kier molecular flexibility index (Phi) is 4.37. The first-order chi connectivity index (χ1) is 7.11. The topological polar surface area (TPSA) is 43.1 Å². The van der Waals surface area contributed by atoms with Crippen molar-refractivity contribution in [3.05, 3.63) is 35.4 Å². The average Bonchev–Trinajstić information content (AvgIpc) is 2.13. The summed E-state index contributed by atoms with van der Waals surface area (Å²) in [4.78, 5) is 11.3. The van der Waals surface area contributed by atoms with Crippen LogP contribution < -0.4 is 5.73 Å². The number of nitrogens with two attached hydrogens (primary N) is 1. The SMILES string of the molecule is NCCCC(=O)Cc1cc(F)cc(F)c1. The van der Waals surface area contributed by atoms with Gasteiger partial charge in [-0.1, -0.05) is 0 Å². The molecule has 0 aliphatic rings. The van der Waals surface area contributed by atoms with Gasteiger partial charge in [0.1, 0.15) is 17.4 Å². The Morgan fingerprint density at radius 2 is 1.80 bits per heavy atom. The third-order valence-corrected chi connectivity index (χ3v) is 1.98. The summed E-state index contributed by atoms with van der Waals surface area (Å²) < 4.78 is 25.5. The molecule has 0 saturated carbocycles. The lowest BCUT2D eigenvalue weighted by atomic mass is 10.1. The van der Waals surface area contributed by atoms with Crippen LogP contribution in [0.15, 0.2) is 18.2 Å². The van der Waals surface area contributed by atoms with E-state index in [-0.39, 0.29) is 12.2 Å². The van der Waals surface area contributed by atoms with E-state index in [1.54, 1.807) is 0 Å². The van der Waals surface area contributed by atoms with Gasteiger partial charge in [-0.3, -0.25) is 4.79 Å². The molecule has 0 aliphatic heterocycles. The Balaban J connectivity index is 2.60. The molecule has 4 heteroatoms. The third kappa shape index (κ3) is 4.16. The van der Waals surface area contributed by atoms with Gasteiger partial charge in [0.15, 0.2) is 0 Å². The molecule has 0 radical (unpaired) electrons. The Morgan fingerprint density at radius 3 is 2.33 bits per heavy atom. The highest BCUT2D eigenvalue weighted by Crippen LogP contribution is 2.09. The van der Waals surface area contributed by atoms with E-state index in [2.05, 4.69) is 0 Å². The van der Waals surface area contributed by atoms with Gasteiger partial charge in [-0.25, -0.2) is 8.78 Å². The second kappa shape index (κ2) is 5.56. The molecule has 1 aromatic carbocycles. The van der Waals surface area contributed by atoms with Crippen LogP contribution in [0, 0.1) is 11.6 Å². The van der Waals surface area contributed by atoms with Crippen LogP contribution in [-0.4, -0.2) is 12.3 Å². The highest BCUT2D eigenvalue weighted by Gasteiger charge is 2.06. The third-order valence-electron chi connectivity index (χ3n) is 1.98. The van der Waals surface area contributed by atoms with Gasteiger partial charge in [-0.2, -0.15) is 0 Å². The van der Waals surface area contributed by atoms with E-state index in [9.17, 15) is 13.6 Å². The van der Waals surface area contributed by atoms with Crippen LogP contribution in [0.4, 0.5) is 8.78 Å². The summed E-state index contributed by atoms with van der Waals surface area (Å²) in [6.07, 6.45) is 1.03. The van der Waals surface area contributed by atoms with Crippen LogP contribution in [0.25, 0.3) is 0 Å². The normalized spacial score (nSPS) is 10.3. The van der Waals surface area contributed by atoms with E-state index in [0.717, 1.165) is 6.07 Å². The van der Waals surface area contributed by atoms with Gasteiger partial charge < -0.3 is 5.73 Å². The Hall–Kier alpha value is -1.29. The fourth-order valence-corrected chi connectivity index (χ4v) is 1.33. The van der Waals surface area contributed by atoms with Crippen LogP contribution in [-0.2, 0) is 11.2 Å². The molecule has 0 bridgehead atoms. The molecule has 0 spiro atoms. The standard InChI is InChI=1S/C11H13F2NO/c12-9-4-8(5-10(13)7-9)6-11(15)2-1-3-14/h4-5,7H,1-3,6,14H2. The quantitative estimate of drug-likeness (QED) is 0.810. The number of carbonyl (C=O) groups is 1. The second-order valence-corrected chi connectivity index (χ2v) is 3.39. The molecule has 0 unspecified atom stereocenters. The monoisotopic (exact) mass is 213 g/mol. The summed E-state index contributed by atoms with van der Waals surface area (Å²) in [6.45, 7) is 0.448. The van der Waals surface area contributed by atoms with Crippen molar-refractivity contribution in [3.8, 4) is 0 Å². The van der Waals surface area contributed by atoms with Crippen molar-refractivity contribution in [2.24, 2.45) is 5.73 Å². The number of rotatable bonds is 5. The van der Waals surface area contributed by atoms with Crippen molar-refractivity contribution in [1.29, 1.82) is 0 Å². The summed E-state index contributed by atoms with van der Waals surface area (Å²) in [5, 5.41) is 0. The molecule has 0 fully saturated rings. The summed E-state index contributed by atoms with van der Waals surface area (Å²) >= 11 is 0. The van der Waals surface area contributed by atoms with Crippen molar-refractivity contribution in [3.63, 3.8) is 0 Å². The van der Waals surface area contributed by atoms with Crippen LogP contribution in [0.5, 0.6) is 0 Å². The molecule has 0 aromatic heterocycles. The van der Waals surface area contributed by atoms with Gasteiger partial charge >= 0.3 is 0 Å². The minimum atomic E-state index is -0.656. The smallest absolute Gasteiger partial charge is 0.137 e. The Bertz CT molecular complexity index is 332. The largest absolute Gasteiger partial charge is 0.330 e. The molecule has 0 heterocycles. The van der Waals surface area contributed by atoms with Crippen LogP contribution >= 0.6 is 0 Å². The number of ketones is 1. The maximum Gasteiger partial charge on any atom is 0.137 e. The first kappa shape index (κ1) is 11.8. The molecule has 2 N–H and O–H groups in total. The second-order valence-electron chi connectivity index (χ2n) is 3.39. The van der Waals surface area contributed by atoms with E-state index in [4.69, 9.17) is 5.73 Å². The van der Waals surface area contributed by atoms with E-state index in [1.807, 2.05) is 0 Å². The van der Waals surface area contributed by atoms with Crippen LogP contribution in [0.1, 0.15) is 18.4 Å². The van der Waals surface area contributed by atoms with Crippen LogP contribution in [0.2, 0.25) is 0 Å². The minimum Gasteiger partial charge on any atom is -0.330 e. The highest BCUT2D eigenvalue weighted by atomic mass is 19.1. The first-order valence-electron chi connectivity index (χ1n) is 4.78. The summed E-state index contributed by atoms with van der Waals surface area (Å²) in [5.74, 6) is -1.36. The van der Waals surface area contributed by atoms with Gasteiger partial charge in [0.2, 0.25) is 0 Å². The molecule has 0 amide bonds. The number of hydrogen-bond acceptors (Lipinski definition) is 2. The molecule has 1 rings (SSSR count). The molecule has 2 nitrogen and oxygen atoms in total. The molecule has 0 saturated heterocycles. The number of Topliss-reactive ketones (excluding diaryl/α,β-unsaturated/α-hetero) is 1. The van der Waals surface area contributed by atoms with E-state index >= 15 is 0 Å². The van der Waals surface area contributed by atoms with Gasteiger partial charge in [-0.15, -0.1) is 0 Å². The predicted octanol–water partition coefficient (Wildman–Crippen LogP) is 1.82. The molecule has 1 aromatic rings. The molecular weight excluding hydrogens is 200 g/mol. The zero-order valence-corrected chi connectivity index (χ0v) is 8.30. The van der Waals surface area contributed by atoms with Crippen molar-refractivity contribution < 1.29 is 13.6 Å². The van der Waals surface area contributed by atoms with Gasteiger partial charge in [0, 0.05) is 18.9 Å². The molecular formula is C11H13F2NO. The number of benzene rings is 1. The Morgan fingerprint density at radius 1 is 1.20 bits per heavy atom. The molecule has 0 atom stereocenters. The highest BCUT2D eigenvalue weighted by molar-refractivity contribution is 5.80. The fourth-order valence-electron chi connectivity index (χ4n) is 1.33. The lowest BCUT2D eigenvalue weighted by molar-refractivity contribution is -0.118. The maximum atomic E-state index is 12.8. The summed E-state index contributed by atoms with van der Waals surface area (Å²) in [6, 6.07) is 3.13. The maximum absolute atomic E-state index is 12.8. The molecule has 0 aliphatic carbocycles. The van der Waals surface area contributed by atoms with Crippen molar-refractivity contribution >= 4 is 5.78 Å². The molecule has 82 valence electrons.